The molecule has 7 nitrogen and oxygen atoms in total. The Morgan fingerprint density at radius 3 is 2.42 bits per heavy atom. The summed E-state index contributed by atoms with van der Waals surface area (Å²) in [6.07, 6.45) is 1.48. The minimum absolute atomic E-state index is 0.226. The van der Waals surface area contributed by atoms with Crippen LogP contribution in [0, 0.1) is 0 Å². The maximum atomic E-state index is 13.1. The van der Waals surface area contributed by atoms with Crippen LogP contribution in [0.15, 0.2) is 102 Å². The number of aromatic amines is 1. The summed E-state index contributed by atoms with van der Waals surface area (Å²) in [6, 6.07) is 29.0. The normalized spacial score (nSPS) is 11.0. The molecule has 5 rings (SSSR count). The minimum atomic E-state index is -0.602. The number of hydrazone groups is 1. The smallest absolute Gasteiger partial charge is 0.345 e. The molecular formula is C30H22ClN3O4. The van der Waals surface area contributed by atoms with Crippen molar-refractivity contribution in [1.82, 2.24) is 10.4 Å². The monoisotopic (exact) mass is 523 g/mol. The van der Waals surface area contributed by atoms with Crippen molar-refractivity contribution in [2.24, 2.45) is 5.10 Å². The number of para-hydroxylation sites is 1. The average Bonchev–Trinajstić information content (AvgIpc) is 3.34. The molecule has 0 saturated heterocycles. The number of carbonyl (C=O) groups excluding carboxylic acids is 2. The van der Waals surface area contributed by atoms with E-state index in [1.54, 1.807) is 42.5 Å². The summed E-state index contributed by atoms with van der Waals surface area (Å²) < 4.78 is 10.9. The van der Waals surface area contributed by atoms with E-state index in [0.29, 0.717) is 22.0 Å². The molecule has 0 spiro atoms. The van der Waals surface area contributed by atoms with Gasteiger partial charge in [-0.3, -0.25) is 4.79 Å². The van der Waals surface area contributed by atoms with Gasteiger partial charge in [0.05, 0.1) is 23.9 Å². The number of nitrogens with one attached hydrogen (secondary N) is 2. The van der Waals surface area contributed by atoms with E-state index < -0.39 is 5.97 Å². The number of amides is 1. The van der Waals surface area contributed by atoms with Gasteiger partial charge in [0.15, 0.2) is 11.5 Å². The molecular weight excluding hydrogens is 502 g/mol. The second kappa shape index (κ2) is 11.0. The van der Waals surface area contributed by atoms with Crippen molar-refractivity contribution in [3.63, 3.8) is 0 Å². The number of nitrogens with zero attached hydrogens (tertiary/aromatic N) is 1. The fraction of sp³-hybridized carbons (Fsp3) is 0.0333. The van der Waals surface area contributed by atoms with Crippen molar-refractivity contribution < 1.29 is 19.1 Å². The van der Waals surface area contributed by atoms with Crippen LogP contribution in [0.2, 0.25) is 5.02 Å². The van der Waals surface area contributed by atoms with E-state index in [1.165, 1.54) is 13.3 Å². The van der Waals surface area contributed by atoms with E-state index in [9.17, 15) is 9.59 Å². The van der Waals surface area contributed by atoms with Gasteiger partial charge in [-0.15, -0.1) is 0 Å². The third-order valence-electron chi connectivity index (χ3n) is 5.86. The number of benzene rings is 4. The molecule has 4 aromatic carbocycles. The van der Waals surface area contributed by atoms with E-state index in [0.717, 1.165) is 22.0 Å². The Morgan fingerprint density at radius 2 is 1.63 bits per heavy atom. The highest BCUT2D eigenvalue weighted by atomic mass is 35.5. The van der Waals surface area contributed by atoms with Crippen molar-refractivity contribution in [1.29, 1.82) is 0 Å². The van der Waals surface area contributed by atoms with E-state index in [1.807, 2.05) is 54.6 Å². The fourth-order valence-corrected chi connectivity index (χ4v) is 4.28. The lowest BCUT2D eigenvalue weighted by atomic mass is 10.0. The van der Waals surface area contributed by atoms with Crippen molar-refractivity contribution in [2.75, 3.05) is 7.11 Å². The molecule has 1 heterocycles. The molecule has 38 heavy (non-hydrogen) atoms. The van der Waals surface area contributed by atoms with Crippen LogP contribution in [-0.4, -0.2) is 30.2 Å². The Balaban J connectivity index is 1.34. The average molecular weight is 524 g/mol. The van der Waals surface area contributed by atoms with E-state index >= 15 is 0 Å². The summed E-state index contributed by atoms with van der Waals surface area (Å²) in [5.74, 6) is -0.435. The molecule has 0 saturated carbocycles. The molecule has 0 radical (unpaired) electrons. The summed E-state index contributed by atoms with van der Waals surface area (Å²) in [6.45, 7) is 0. The molecule has 2 N–H and O–H groups in total. The van der Waals surface area contributed by atoms with E-state index in [2.05, 4.69) is 15.5 Å². The molecule has 0 bridgehead atoms. The third kappa shape index (κ3) is 5.14. The summed E-state index contributed by atoms with van der Waals surface area (Å²) in [5, 5.41) is 5.36. The highest BCUT2D eigenvalue weighted by molar-refractivity contribution is 6.33. The van der Waals surface area contributed by atoms with Crippen LogP contribution in [0.1, 0.15) is 26.4 Å². The largest absolute Gasteiger partial charge is 0.493 e. The molecule has 0 aliphatic carbocycles. The number of halogens is 1. The molecule has 1 aromatic heterocycles. The Labute approximate surface area is 223 Å². The van der Waals surface area contributed by atoms with Gasteiger partial charge in [-0.05, 0) is 47.5 Å². The maximum absolute atomic E-state index is 13.1. The molecule has 0 atom stereocenters. The van der Waals surface area contributed by atoms with Crippen molar-refractivity contribution in [2.45, 2.75) is 0 Å². The maximum Gasteiger partial charge on any atom is 0.345 e. The van der Waals surface area contributed by atoms with Crippen LogP contribution in [0.3, 0.4) is 0 Å². The molecule has 0 aliphatic rings. The number of esters is 1. The van der Waals surface area contributed by atoms with Crippen molar-refractivity contribution in [3.8, 4) is 22.6 Å². The zero-order valence-electron chi connectivity index (χ0n) is 20.3. The number of hydrogen-bond donors (Lipinski definition) is 2. The lowest BCUT2D eigenvalue weighted by Gasteiger charge is -2.10. The first kappa shape index (κ1) is 24.8. The SMILES string of the molecule is COc1cc(C=NNC(=O)c2[nH]c3ccccc3c2-c2ccccc2)ccc1OC(=O)c1ccccc1Cl. The van der Waals surface area contributed by atoms with Gasteiger partial charge in [0, 0.05) is 16.5 Å². The molecule has 5 aromatic rings. The predicted octanol–water partition coefficient (Wildman–Crippen LogP) is 6.48. The quantitative estimate of drug-likeness (QED) is 0.110. The molecule has 0 aliphatic heterocycles. The summed E-state index contributed by atoms with van der Waals surface area (Å²) in [5.41, 5.74) is 6.45. The van der Waals surface area contributed by atoms with Crippen LogP contribution < -0.4 is 14.9 Å². The van der Waals surface area contributed by atoms with Crippen LogP contribution in [0.5, 0.6) is 11.5 Å². The van der Waals surface area contributed by atoms with Gasteiger partial charge in [-0.1, -0.05) is 72.3 Å². The summed E-state index contributed by atoms with van der Waals surface area (Å²) >= 11 is 6.09. The van der Waals surface area contributed by atoms with Crippen LogP contribution in [0.4, 0.5) is 0 Å². The van der Waals surface area contributed by atoms with Gasteiger partial charge < -0.3 is 14.5 Å². The first-order valence-corrected chi connectivity index (χ1v) is 12.1. The Bertz CT molecular complexity index is 1660. The van der Waals surface area contributed by atoms with Gasteiger partial charge in [0.25, 0.3) is 5.91 Å². The number of ether oxygens (including phenoxy) is 2. The molecule has 8 heteroatoms. The Kier molecular flexibility index (Phi) is 7.19. The number of methoxy groups -OCH3 is 1. The zero-order valence-corrected chi connectivity index (χ0v) is 21.0. The third-order valence-corrected chi connectivity index (χ3v) is 6.19. The van der Waals surface area contributed by atoms with E-state index in [4.69, 9.17) is 21.1 Å². The number of rotatable bonds is 7. The highest BCUT2D eigenvalue weighted by Gasteiger charge is 2.19. The Morgan fingerprint density at radius 1 is 0.895 bits per heavy atom. The standard InChI is InChI=1S/C30H22ClN3O4/c1-37-26-17-19(15-16-25(26)38-30(36)21-11-5-7-13-23(21)31)18-32-34-29(35)28-27(20-9-3-2-4-10-20)22-12-6-8-14-24(22)33-28/h2-18,33H,1H3,(H,34,35). The second-order valence-electron chi connectivity index (χ2n) is 8.27. The Hall–Kier alpha value is -4.88. The zero-order chi connectivity index (χ0) is 26.5. The summed E-state index contributed by atoms with van der Waals surface area (Å²) in [7, 11) is 1.46. The van der Waals surface area contributed by atoms with Crippen LogP contribution in [-0.2, 0) is 0 Å². The van der Waals surface area contributed by atoms with E-state index in [-0.39, 0.29) is 17.2 Å². The van der Waals surface area contributed by atoms with Crippen molar-refractivity contribution >= 4 is 40.6 Å². The topological polar surface area (TPSA) is 92.8 Å². The lowest BCUT2D eigenvalue weighted by Crippen LogP contribution is -2.18. The molecule has 188 valence electrons. The lowest BCUT2D eigenvalue weighted by molar-refractivity contribution is 0.0729. The van der Waals surface area contributed by atoms with Gasteiger partial charge in [0.1, 0.15) is 5.69 Å². The number of carbonyl (C=O) groups is 2. The predicted molar refractivity (Wildman–Crippen MR) is 148 cm³/mol. The molecule has 1 amide bonds. The van der Waals surface area contributed by atoms with Gasteiger partial charge in [-0.25, -0.2) is 10.2 Å². The number of fused-ring (bicyclic) bond motifs is 1. The summed E-state index contributed by atoms with van der Waals surface area (Å²) in [4.78, 5) is 28.8. The van der Waals surface area contributed by atoms with Crippen LogP contribution >= 0.6 is 11.6 Å². The first-order chi connectivity index (χ1) is 18.5. The number of hydrogen-bond acceptors (Lipinski definition) is 5. The first-order valence-electron chi connectivity index (χ1n) is 11.7. The minimum Gasteiger partial charge on any atom is -0.493 e. The highest BCUT2D eigenvalue weighted by Crippen LogP contribution is 2.32. The number of aromatic nitrogens is 1. The number of H-pyrrole nitrogens is 1. The van der Waals surface area contributed by atoms with Gasteiger partial charge >= 0.3 is 5.97 Å². The van der Waals surface area contributed by atoms with Gasteiger partial charge in [0.2, 0.25) is 0 Å². The van der Waals surface area contributed by atoms with Crippen molar-refractivity contribution in [3.05, 3.63) is 119 Å². The van der Waals surface area contributed by atoms with Crippen LogP contribution in [0.25, 0.3) is 22.0 Å². The fourth-order valence-electron chi connectivity index (χ4n) is 4.07. The molecule has 0 unspecified atom stereocenters. The molecule has 0 fully saturated rings. The second-order valence-corrected chi connectivity index (χ2v) is 8.67. The van der Waals surface area contributed by atoms with Gasteiger partial charge in [-0.2, -0.15) is 5.10 Å².